The quantitative estimate of drug-likeness (QED) is 0.133. The zero-order valence-corrected chi connectivity index (χ0v) is 26.8. The van der Waals surface area contributed by atoms with Crippen LogP contribution >= 0.6 is 39.1 Å². The average molecular weight is 706 g/mol. The highest BCUT2D eigenvalue weighted by Gasteiger charge is 2.32. The van der Waals surface area contributed by atoms with Gasteiger partial charge in [0.15, 0.2) is 18.1 Å². The lowest BCUT2D eigenvalue weighted by atomic mass is 9.95. The van der Waals surface area contributed by atoms with Crippen molar-refractivity contribution < 1.29 is 33.3 Å². The number of hydrazone groups is 1. The summed E-state index contributed by atoms with van der Waals surface area (Å²) in [7, 11) is 2.69. The number of methoxy groups -OCH3 is 2. The maximum Gasteiger partial charge on any atom is 0.337 e. The molecule has 0 saturated heterocycles. The largest absolute Gasteiger partial charge is 0.493 e. The number of halogens is 3. The van der Waals surface area contributed by atoms with Gasteiger partial charge in [0.05, 0.1) is 36.5 Å². The smallest absolute Gasteiger partial charge is 0.337 e. The van der Waals surface area contributed by atoms with Crippen molar-refractivity contribution in [1.82, 2.24) is 16.1 Å². The second-order valence-electron chi connectivity index (χ2n) is 9.27. The second kappa shape index (κ2) is 15.0. The maximum absolute atomic E-state index is 12.4. The SMILES string of the molecule is COC(=O)C1=C(C)NC(=O)N[C@H]1c1ccc(OCC(=O)N/N=C\c2ccc(OCc3ccc(Cl)cc3Cl)c(Br)c2)c(OC)c1. The van der Waals surface area contributed by atoms with E-state index in [0.29, 0.717) is 42.8 Å². The summed E-state index contributed by atoms with van der Waals surface area (Å²) >= 11 is 15.6. The minimum absolute atomic E-state index is 0.247. The van der Waals surface area contributed by atoms with Crippen LogP contribution in [0.5, 0.6) is 17.2 Å². The van der Waals surface area contributed by atoms with E-state index in [1.54, 1.807) is 61.5 Å². The van der Waals surface area contributed by atoms with Gasteiger partial charge in [0.1, 0.15) is 12.4 Å². The molecule has 1 atom stereocenters. The lowest BCUT2D eigenvalue weighted by Gasteiger charge is -2.28. The van der Waals surface area contributed by atoms with Crippen LogP contribution in [0.15, 0.2) is 75.4 Å². The van der Waals surface area contributed by atoms with Crippen molar-refractivity contribution >= 4 is 63.3 Å². The van der Waals surface area contributed by atoms with Crippen molar-refractivity contribution in [2.75, 3.05) is 20.8 Å². The van der Waals surface area contributed by atoms with Gasteiger partial charge in [-0.1, -0.05) is 35.3 Å². The van der Waals surface area contributed by atoms with Crippen molar-refractivity contribution in [2.45, 2.75) is 19.6 Å². The van der Waals surface area contributed by atoms with Crippen LogP contribution in [0.2, 0.25) is 10.0 Å². The molecular weight excluding hydrogens is 679 g/mol. The van der Waals surface area contributed by atoms with Gasteiger partial charge in [-0.15, -0.1) is 0 Å². The van der Waals surface area contributed by atoms with Crippen LogP contribution in [0.3, 0.4) is 0 Å². The summed E-state index contributed by atoms with van der Waals surface area (Å²) in [5.74, 6) is 0.0613. The Kier molecular flexibility index (Phi) is 11.1. The standard InChI is InChI=1S/C30H27BrCl2N4O7/c1-16-27(29(39)42-3)28(36-30(40)35-16)18-6-9-24(25(11-18)41-2)44-15-26(38)37-34-13-17-4-8-23(21(31)10-17)43-14-19-5-7-20(32)12-22(19)33/h4-13,28H,14-15H2,1-3H3,(H,37,38)(H2,35,36,40)/b34-13-/t28-/m0/s1. The van der Waals surface area contributed by atoms with Crippen LogP contribution in [-0.2, 0) is 20.9 Å². The summed E-state index contributed by atoms with van der Waals surface area (Å²) < 4.78 is 22.5. The molecule has 1 aliphatic rings. The number of allylic oxidation sites excluding steroid dienone is 1. The summed E-state index contributed by atoms with van der Waals surface area (Å²) in [6.45, 7) is 1.51. The third-order valence-electron chi connectivity index (χ3n) is 6.31. The minimum Gasteiger partial charge on any atom is -0.493 e. The van der Waals surface area contributed by atoms with Crippen LogP contribution in [0.25, 0.3) is 0 Å². The van der Waals surface area contributed by atoms with E-state index in [9.17, 15) is 14.4 Å². The Morgan fingerprint density at radius 3 is 2.50 bits per heavy atom. The molecule has 14 heteroatoms. The van der Waals surface area contributed by atoms with Gasteiger partial charge in [-0.05, 0) is 76.4 Å². The summed E-state index contributed by atoms with van der Waals surface area (Å²) in [5, 5.41) is 10.3. The molecule has 0 radical (unpaired) electrons. The van der Waals surface area contributed by atoms with E-state index in [1.165, 1.54) is 20.4 Å². The van der Waals surface area contributed by atoms with Crippen molar-refractivity contribution in [1.29, 1.82) is 0 Å². The zero-order chi connectivity index (χ0) is 31.8. The van der Waals surface area contributed by atoms with Gasteiger partial charge in [-0.2, -0.15) is 5.10 Å². The van der Waals surface area contributed by atoms with E-state index in [2.05, 4.69) is 37.1 Å². The highest BCUT2D eigenvalue weighted by molar-refractivity contribution is 9.10. The number of esters is 1. The van der Waals surface area contributed by atoms with Gasteiger partial charge in [0, 0.05) is 21.3 Å². The first kappa shape index (κ1) is 32.6. The Labute approximate surface area is 271 Å². The number of nitrogens with one attached hydrogen (secondary N) is 3. The Balaban J connectivity index is 1.33. The molecule has 3 amide bonds. The number of urea groups is 1. The topological polar surface area (TPSA) is 137 Å². The molecule has 0 spiro atoms. The summed E-state index contributed by atoms with van der Waals surface area (Å²) in [4.78, 5) is 36.8. The molecule has 0 unspecified atom stereocenters. The van der Waals surface area contributed by atoms with Gasteiger partial charge >= 0.3 is 12.0 Å². The number of ether oxygens (including phenoxy) is 4. The monoisotopic (exact) mass is 704 g/mol. The Morgan fingerprint density at radius 1 is 1.02 bits per heavy atom. The molecular formula is C30H27BrCl2N4O7. The molecule has 230 valence electrons. The van der Waals surface area contributed by atoms with Crippen LogP contribution in [0.4, 0.5) is 4.79 Å². The Bertz CT molecular complexity index is 1650. The fraction of sp³-hybridized carbons (Fsp3) is 0.200. The molecule has 1 heterocycles. The molecule has 0 aromatic heterocycles. The lowest BCUT2D eigenvalue weighted by Crippen LogP contribution is -2.45. The average Bonchev–Trinajstić information content (AvgIpc) is 2.99. The summed E-state index contributed by atoms with van der Waals surface area (Å²) in [6, 6.07) is 14.1. The number of nitrogens with zero attached hydrogens (tertiary/aromatic N) is 1. The van der Waals surface area contributed by atoms with E-state index in [0.717, 1.165) is 5.56 Å². The number of hydrogen-bond donors (Lipinski definition) is 3. The van der Waals surface area contributed by atoms with Crippen molar-refractivity contribution in [3.8, 4) is 17.2 Å². The van der Waals surface area contributed by atoms with Gasteiger partial charge in [-0.25, -0.2) is 15.0 Å². The Hall–Kier alpha value is -4.26. The molecule has 3 N–H and O–H groups in total. The van der Waals surface area contributed by atoms with Crippen LogP contribution < -0.4 is 30.3 Å². The molecule has 0 saturated carbocycles. The number of carbonyl (C=O) groups excluding carboxylic acids is 3. The van der Waals surface area contributed by atoms with E-state index in [-0.39, 0.29) is 24.5 Å². The second-order valence-corrected chi connectivity index (χ2v) is 11.0. The lowest BCUT2D eigenvalue weighted by molar-refractivity contribution is -0.136. The van der Waals surface area contributed by atoms with Gasteiger partial charge < -0.3 is 29.6 Å². The normalized spacial score (nSPS) is 14.5. The van der Waals surface area contributed by atoms with Gasteiger partial charge in [0.25, 0.3) is 5.91 Å². The molecule has 0 aliphatic carbocycles. The minimum atomic E-state index is -0.778. The van der Waals surface area contributed by atoms with Gasteiger partial charge in [0.2, 0.25) is 0 Å². The molecule has 3 aromatic carbocycles. The predicted octanol–water partition coefficient (Wildman–Crippen LogP) is 5.67. The number of hydrogen-bond acceptors (Lipinski definition) is 8. The molecule has 4 rings (SSSR count). The third kappa shape index (κ3) is 8.22. The number of rotatable bonds is 11. The van der Waals surface area contributed by atoms with E-state index in [4.69, 9.17) is 42.1 Å². The summed E-state index contributed by atoms with van der Waals surface area (Å²) in [6.07, 6.45) is 1.47. The molecule has 3 aromatic rings. The molecule has 1 aliphatic heterocycles. The van der Waals surface area contributed by atoms with Crippen LogP contribution in [0.1, 0.15) is 29.7 Å². The summed E-state index contributed by atoms with van der Waals surface area (Å²) in [5.41, 5.74) is 5.08. The fourth-order valence-corrected chi connectivity index (χ4v) is 5.14. The maximum atomic E-state index is 12.4. The zero-order valence-electron chi connectivity index (χ0n) is 23.7. The molecule has 44 heavy (non-hydrogen) atoms. The number of benzene rings is 3. The third-order valence-corrected chi connectivity index (χ3v) is 7.52. The predicted molar refractivity (Wildman–Crippen MR) is 168 cm³/mol. The highest BCUT2D eigenvalue weighted by Crippen LogP contribution is 2.34. The van der Waals surface area contributed by atoms with Gasteiger partial charge in [-0.3, -0.25) is 4.79 Å². The van der Waals surface area contributed by atoms with Crippen LogP contribution in [0, 0.1) is 0 Å². The van der Waals surface area contributed by atoms with E-state index in [1.807, 2.05) is 0 Å². The number of carbonyl (C=O) groups is 3. The molecule has 0 fully saturated rings. The van der Waals surface area contributed by atoms with Crippen molar-refractivity contribution in [2.24, 2.45) is 5.10 Å². The van der Waals surface area contributed by atoms with Crippen molar-refractivity contribution in [3.63, 3.8) is 0 Å². The Morgan fingerprint density at radius 2 is 1.80 bits per heavy atom. The first-order valence-corrected chi connectivity index (χ1v) is 14.5. The van der Waals surface area contributed by atoms with Crippen LogP contribution in [-0.4, -0.2) is 44.9 Å². The molecule has 11 nitrogen and oxygen atoms in total. The molecule has 0 bridgehead atoms. The first-order chi connectivity index (χ1) is 21.1. The van der Waals surface area contributed by atoms with E-state index < -0.39 is 23.9 Å². The number of amides is 3. The van der Waals surface area contributed by atoms with Crippen molar-refractivity contribution in [3.05, 3.63) is 97.1 Å². The first-order valence-electron chi connectivity index (χ1n) is 12.9. The van der Waals surface area contributed by atoms with E-state index >= 15 is 0 Å². The fourth-order valence-electron chi connectivity index (χ4n) is 4.17. The highest BCUT2D eigenvalue weighted by atomic mass is 79.9.